The van der Waals surface area contributed by atoms with Crippen LogP contribution in [-0.4, -0.2) is 38.1 Å². The molecule has 26 heavy (non-hydrogen) atoms. The number of carbonyl (C=O) groups is 2. The molecule has 2 aromatic rings. The average Bonchev–Trinajstić information content (AvgIpc) is 3.02. The zero-order valence-electron chi connectivity index (χ0n) is 14.9. The van der Waals surface area contributed by atoms with E-state index in [1.54, 1.807) is 23.1 Å². The van der Waals surface area contributed by atoms with Crippen molar-refractivity contribution >= 4 is 17.5 Å². The summed E-state index contributed by atoms with van der Waals surface area (Å²) in [6.07, 6.45) is 0.272. The van der Waals surface area contributed by atoms with Gasteiger partial charge in [-0.15, -0.1) is 0 Å². The molecule has 0 radical (unpaired) electrons. The molecule has 0 aromatic heterocycles. The average molecular weight is 354 g/mol. The molecular weight excluding hydrogens is 332 g/mol. The Morgan fingerprint density at radius 3 is 2.62 bits per heavy atom. The highest BCUT2D eigenvalue weighted by Gasteiger charge is 2.32. The van der Waals surface area contributed by atoms with Crippen LogP contribution < -0.4 is 19.7 Å². The van der Waals surface area contributed by atoms with Crippen molar-refractivity contribution in [1.29, 1.82) is 0 Å². The fourth-order valence-electron chi connectivity index (χ4n) is 3.04. The van der Waals surface area contributed by atoms with Gasteiger partial charge in [-0.05, 0) is 43.3 Å². The van der Waals surface area contributed by atoms with Gasteiger partial charge in [0.05, 0.1) is 25.3 Å². The Balaban J connectivity index is 1.66. The third-order valence-electron chi connectivity index (χ3n) is 4.27. The highest BCUT2D eigenvalue weighted by Crippen LogP contribution is 2.25. The maximum atomic E-state index is 12.5. The lowest BCUT2D eigenvalue weighted by molar-refractivity contribution is -0.117. The Morgan fingerprint density at radius 2 is 1.92 bits per heavy atom. The van der Waals surface area contributed by atoms with E-state index in [0.29, 0.717) is 24.5 Å². The van der Waals surface area contributed by atoms with Gasteiger partial charge >= 0.3 is 0 Å². The van der Waals surface area contributed by atoms with Gasteiger partial charge in [0.1, 0.15) is 11.5 Å². The number of methoxy groups -OCH3 is 1. The third kappa shape index (κ3) is 3.79. The lowest BCUT2D eigenvalue weighted by atomic mass is 10.1. The number of nitrogens with zero attached hydrogens (tertiary/aromatic N) is 1. The summed E-state index contributed by atoms with van der Waals surface area (Å²) in [4.78, 5) is 26.5. The van der Waals surface area contributed by atoms with Crippen LogP contribution in [0.15, 0.2) is 48.5 Å². The van der Waals surface area contributed by atoms with Crippen molar-refractivity contribution in [3.8, 4) is 11.5 Å². The molecule has 1 aliphatic heterocycles. The number of para-hydroxylation sites is 1. The fraction of sp³-hybridized carbons (Fsp3) is 0.300. The van der Waals surface area contributed by atoms with Crippen molar-refractivity contribution in [3.63, 3.8) is 0 Å². The molecule has 2 amide bonds. The fourth-order valence-corrected chi connectivity index (χ4v) is 3.04. The standard InChI is InChI=1S/C20H22N2O4/c1-3-26-16-10-8-15(9-11-16)22-13-14(12-19(22)23)21-20(24)17-6-4-5-7-18(17)25-2/h4-11,14H,3,12-13H2,1-2H3,(H,21,24)/t14-/m1/s1. The van der Waals surface area contributed by atoms with Gasteiger partial charge in [0, 0.05) is 18.7 Å². The molecule has 0 unspecified atom stereocenters. The number of nitrogens with one attached hydrogen (secondary N) is 1. The van der Waals surface area contributed by atoms with E-state index >= 15 is 0 Å². The minimum Gasteiger partial charge on any atom is -0.496 e. The van der Waals surface area contributed by atoms with Gasteiger partial charge in [-0.25, -0.2) is 0 Å². The number of hydrogen-bond donors (Lipinski definition) is 1. The number of amides is 2. The van der Waals surface area contributed by atoms with E-state index < -0.39 is 0 Å². The van der Waals surface area contributed by atoms with E-state index in [1.807, 2.05) is 37.3 Å². The predicted molar refractivity (Wildman–Crippen MR) is 98.8 cm³/mol. The van der Waals surface area contributed by atoms with Crippen LogP contribution in [0.2, 0.25) is 0 Å². The summed E-state index contributed by atoms with van der Waals surface area (Å²) in [7, 11) is 1.53. The number of hydrogen-bond acceptors (Lipinski definition) is 4. The van der Waals surface area contributed by atoms with Crippen LogP contribution in [0.4, 0.5) is 5.69 Å². The molecule has 1 aliphatic rings. The smallest absolute Gasteiger partial charge is 0.255 e. The van der Waals surface area contributed by atoms with E-state index in [9.17, 15) is 9.59 Å². The number of carbonyl (C=O) groups excluding carboxylic acids is 2. The van der Waals surface area contributed by atoms with E-state index in [0.717, 1.165) is 11.4 Å². The Bertz CT molecular complexity index is 789. The minimum atomic E-state index is -0.244. The normalized spacial score (nSPS) is 16.5. The summed E-state index contributed by atoms with van der Waals surface area (Å²) < 4.78 is 10.6. The number of benzene rings is 2. The molecule has 136 valence electrons. The maximum absolute atomic E-state index is 12.5. The molecule has 1 heterocycles. The minimum absolute atomic E-state index is 0.0144. The first-order valence-electron chi connectivity index (χ1n) is 8.59. The molecule has 0 bridgehead atoms. The van der Waals surface area contributed by atoms with Gasteiger partial charge in [0.25, 0.3) is 5.91 Å². The highest BCUT2D eigenvalue weighted by atomic mass is 16.5. The van der Waals surface area contributed by atoms with Gasteiger partial charge in [0.15, 0.2) is 0 Å². The van der Waals surface area contributed by atoms with Crippen molar-refractivity contribution in [2.24, 2.45) is 0 Å². The molecule has 6 heteroatoms. The molecule has 0 aliphatic carbocycles. The number of ether oxygens (including phenoxy) is 2. The molecule has 6 nitrogen and oxygen atoms in total. The van der Waals surface area contributed by atoms with E-state index in [4.69, 9.17) is 9.47 Å². The van der Waals surface area contributed by atoms with Crippen LogP contribution in [0.3, 0.4) is 0 Å². The molecule has 1 fully saturated rings. The second-order valence-corrected chi connectivity index (χ2v) is 6.01. The third-order valence-corrected chi connectivity index (χ3v) is 4.27. The Morgan fingerprint density at radius 1 is 1.19 bits per heavy atom. The quantitative estimate of drug-likeness (QED) is 0.866. The Hall–Kier alpha value is -3.02. The van der Waals surface area contributed by atoms with Crippen LogP contribution in [0.1, 0.15) is 23.7 Å². The van der Waals surface area contributed by atoms with Crippen LogP contribution in [0.25, 0.3) is 0 Å². The molecule has 3 rings (SSSR count). The molecule has 0 spiro atoms. The summed E-state index contributed by atoms with van der Waals surface area (Å²) in [5, 5.41) is 2.93. The van der Waals surface area contributed by atoms with Crippen LogP contribution in [-0.2, 0) is 4.79 Å². The van der Waals surface area contributed by atoms with Crippen molar-refractivity contribution in [2.75, 3.05) is 25.2 Å². The SMILES string of the molecule is CCOc1ccc(N2C[C@H](NC(=O)c3ccccc3OC)CC2=O)cc1. The second-order valence-electron chi connectivity index (χ2n) is 6.01. The molecule has 2 aromatic carbocycles. The van der Waals surface area contributed by atoms with Crippen LogP contribution >= 0.6 is 0 Å². The van der Waals surface area contributed by atoms with Gasteiger partial charge in [0.2, 0.25) is 5.91 Å². The van der Waals surface area contributed by atoms with Gasteiger partial charge in [-0.2, -0.15) is 0 Å². The monoisotopic (exact) mass is 354 g/mol. The first kappa shape index (κ1) is 17.8. The first-order valence-corrected chi connectivity index (χ1v) is 8.59. The Kier molecular flexibility index (Phi) is 5.41. The predicted octanol–water partition coefficient (Wildman–Crippen LogP) is 2.63. The summed E-state index contributed by atoms with van der Waals surface area (Å²) in [6, 6.07) is 14.2. The van der Waals surface area contributed by atoms with Gasteiger partial charge in [-0.3, -0.25) is 9.59 Å². The van der Waals surface area contributed by atoms with E-state index in [2.05, 4.69) is 5.32 Å². The van der Waals surface area contributed by atoms with E-state index in [1.165, 1.54) is 7.11 Å². The second kappa shape index (κ2) is 7.91. The van der Waals surface area contributed by atoms with Crippen molar-refractivity contribution in [3.05, 3.63) is 54.1 Å². The zero-order valence-corrected chi connectivity index (χ0v) is 14.9. The molecule has 0 saturated carbocycles. The molecule has 1 atom stereocenters. The van der Waals surface area contributed by atoms with Crippen LogP contribution in [0.5, 0.6) is 11.5 Å². The summed E-state index contributed by atoms with van der Waals surface area (Å²) >= 11 is 0. The van der Waals surface area contributed by atoms with Crippen molar-refractivity contribution in [1.82, 2.24) is 5.32 Å². The van der Waals surface area contributed by atoms with Crippen molar-refractivity contribution < 1.29 is 19.1 Å². The lowest BCUT2D eigenvalue weighted by Crippen LogP contribution is -2.37. The lowest BCUT2D eigenvalue weighted by Gasteiger charge is -2.18. The summed E-state index contributed by atoms with van der Waals surface area (Å²) in [5.74, 6) is 1.02. The van der Waals surface area contributed by atoms with E-state index in [-0.39, 0.29) is 24.3 Å². The summed E-state index contributed by atoms with van der Waals surface area (Å²) in [6.45, 7) is 2.96. The topological polar surface area (TPSA) is 67.9 Å². The largest absolute Gasteiger partial charge is 0.496 e. The number of rotatable bonds is 6. The molecule has 1 N–H and O–H groups in total. The zero-order chi connectivity index (χ0) is 18.5. The van der Waals surface area contributed by atoms with Gasteiger partial charge < -0.3 is 19.7 Å². The highest BCUT2D eigenvalue weighted by molar-refractivity contribution is 6.00. The number of anilines is 1. The van der Waals surface area contributed by atoms with Crippen LogP contribution in [0, 0.1) is 0 Å². The molecule has 1 saturated heterocycles. The molecular formula is C20H22N2O4. The van der Waals surface area contributed by atoms with Crippen molar-refractivity contribution in [2.45, 2.75) is 19.4 Å². The van der Waals surface area contributed by atoms with Gasteiger partial charge in [-0.1, -0.05) is 12.1 Å². The summed E-state index contributed by atoms with van der Waals surface area (Å²) in [5.41, 5.74) is 1.26. The first-order chi connectivity index (χ1) is 12.6. The maximum Gasteiger partial charge on any atom is 0.255 e. The Labute approximate surface area is 152 Å².